The van der Waals surface area contributed by atoms with Crippen molar-refractivity contribution in [1.29, 1.82) is 0 Å². The highest BCUT2D eigenvalue weighted by Crippen LogP contribution is 2.39. The van der Waals surface area contributed by atoms with Gasteiger partial charge in [0.1, 0.15) is 5.82 Å². The number of rotatable bonds is 2. The van der Waals surface area contributed by atoms with Crippen LogP contribution in [0.5, 0.6) is 0 Å². The number of benzene rings is 1. The van der Waals surface area contributed by atoms with Crippen molar-refractivity contribution in [3.05, 3.63) is 34.6 Å². The maximum atomic E-state index is 13.3. The highest BCUT2D eigenvalue weighted by Gasteiger charge is 2.32. The molecule has 1 aromatic carbocycles. The molecule has 0 bridgehead atoms. The summed E-state index contributed by atoms with van der Waals surface area (Å²) in [6, 6.07) is 5.36. The molecule has 1 aliphatic rings. The molecule has 21 heavy (non-hydrogen) atoms. The Kier molecular flexibility index (Phi) is 8.52. The van der Waals surface area contributed by atoms with Crippen LogP contribution in [0.1, 0.15) is 32.4 Å². The lowest BCUT2D eigenvalue weighted by molar-refractivity contribution is 0.0862. The van der Waals surface area contributed by atoms with E-state index in [1.807, 2.05) is 6.07 Å². The second-order valence-electron chi connectivity index (χ2n) is 6.23. The van der Waals surface area contributed by atoms with Crippen molar-refractivity contribution < 1.29 is 4.39 Å². The van der Waals surface area contributed by atoms with Crippen LogP contribution in [-0.2, 0) is 0 Å². The standard InChI is InChI=1S/C15H22ClFN2.2ClH/c1-15(2,3)14(19-8-6-18-7-9-19)11-4-5-13(17)12(16)10-11;;/h4-5,10,14,18H,6-9H2,1-3H3;2*1H/t14-;;/m1../s1. The first-order chi connectivity index (χ1) is 8.89. The molecule has 0 unspecified atom stereocenters. The maximum absolute atomic E-state index is 13.3. The van der Waals surface area contributed by atoms with Crippen molar-refractivity contribution in [2.75, 3.05) is 26.2 Å². The van der Waals surface area contributed by atoms with Gasteiger partial charge in [0.25, 0.3) is 0 Å². The molecular formula is C15H24Cl3FN2. The Bertz CT molecular complexity index is 443. The van der Waals surface area contributed by atoms with Crippen molar-refractivity contribution in [3.8, 4) is 0 Å². The minimum atomic E-state index is -0.349. The largest absolute Gasteiger partial charge is 0.314 e. The zero-order valence-corrected chi connectivity index (χ0v) is 15.0. The van der Waals surface area contributed by atoms with Crippen LogP contribution in [0, 0.1) is 11.2 Å². The van der Waals surface area contributed by atoms with Gasteiger partial charge in [0.05, 0.1) is 5.02 Å². The number of piperazine rings is 1. The number of halogens is 4. The fourth-order valence-electron chi connectivity index (χ4n) is 2.88. The Morgan fingerprint density at radius 2 is 1.76 bits per heavy atom. The summed E-state index contributed by atoms with van der Waals surface area (Å²) in [5.41, 5.74) is 1.18. The maximum Gasteiger partial charge on any atom is 0.141 e. The molecule has 0 saturated carbocycles. The van der Waals surface area contributed by atoms with Crippen LogP contribution >= 0.6 is 36.4 Å². The third-order valence-electron chi connectivity index (χ3n) is 3.60. The second-order valence-corrected chi connectivity index (χ2v) is 6.64. The van der Waals surface area contributed by atoms with E-state index in [9.17, 15) is 4.39 Å². The lowest BCUT2D eigenvalue weighted by Gasteiger charge is -2.42. The number of nitrogens with one attached hydrogen (secondary N) is 1. The summed E-state index contributed by atoms with van der Waals surface area (Å²) in [6.07, 6.45) is 0. The van der Waals surface area contributed by atoms with Crippen molar-refractivity contribution in [2.24, 2.45) is 5.41 Å². The van der Waals surface area contributed by atoms with Gasteiger partial charge in [-0.25, -0.2) is 4.39 Å². The lowest BCUT2D eigenvalue weighted by atomic mass is 9.81. The van der Waals surface area contributed by atoms with Crippen LogP contribution in [0.25, 0.3) is 0 Å². The Morgan fingerprint density at radius 3 is 2.24 bits per heavy atom. The van der Waals surface area contributed by atoms with E-state index in [-0.39, 0.29) is 47.1 Å². The van der Waals surface area contributed by atoms with Gasteiger partial charge in [-0.1, -0.05) is 38.4 Å². The molecule has 0 spiro atoms. The van der Waals surface area contributed by atoms with E-state index in [2.05, 4.69) is 31.0 Å². The predicted molar refractivity (Wildman–Crippen MR) is 92.5 cm³/mol. The van der Waals surface area contributed by atoms with Crippen LogP contribution < -0.4 is 5.32 Å². The zero-order valence-electron chi connectivity index (χ0n) is 12.7. The molecule has 1 aromatic rings. The van der Waals surface area contributed by atoms with Gasteiger partial charge in [0, 0.05) is 32.2 Å². The van der Waals surface area contributed by atoms with Gasteiger partial charge in [0.15, 0.2) is 0 Å². The van der Waals surface area contributed by atoms with Crippen molar-refractivity contribution >= 4 is 36.4 Å². The summed E-state index contributed by atoms with van der Waals surface area (Å²) >= 11 is 5.94. The summed E-state index contributed by atoms with van der Waals surface area (Å²) in [4.78, 5) is 2.46. The molecule has 2 rings (SSSR count). The fraction of sp³-hybridized carbons (Fsp3) is 0.600. The molecule has 1 atom stereocenters. The minimum absolute atomic E-state index is 0. The predicted octanol–water partition coefficient (Wildman–Crippen LogP) is 4.32. The first kappa shape index (κ1) is 20.9. The minimum Gasteiger partial charge on any atom is -0.314 e. The van der Waals surface area contributed by atoms with Crippen LogP contribution in [0.15, 0.2) is 18.2 Å². The van der Waals surface area contributed by atoms with E-state index in [1.54, 1.807) is 6.07 Å². The zero-order chi connectivity index (χ0) is 14.0. The Labute approximate surface area is 144 Å². The normalized spacial score (nSPS) is 17.6. The topological polar surface area (TPSA) is 15.3 Å². The van der Waals surface area contributed by atoms with E-state index in [0.29, 0.717) is 0 Å². The molecule has 1 aliphatic heterocycles. The average Bonchev–Trinajstić information content (AvgIpc) is 2.34. The van der Waals surface area contributed by atoms with Crippen LogP contribution in [0.4, 0.5) is 4.39 Å². The highest BCUT2D eigenvalue weighted by molar-refractivity contribution is 6.30. The Balaban J connectivity index is 0.00000200. The number of hydrogen-bond acceptors (Lipinski definition) is 2. The third kappa shape index (κ3) is 5.26. The third-order valence-corrected chi connectivity index (χ3v) is 3.89. The van der Waals surface area contributed by atoms with Crippen molar-refractivity contribution in [2.45, 2.75) is 26.8 Å². The average molecular weight is 358 g/mol. The first-order valence-corrected chi connectivity index (χ1v) is 7.17. The molecule has 6 heteroatoms. The van der Waals surface area contributed by atoms with E-state index in [1.165, 1.54) is 6.07 Å². The van der Waals surface area contributed by atoms with Crippen molar-refractivity contribution in [1.82, 2.24) is 10.2 Å². The van der Waals surface area contributed by atoms with Crippen molar-refractivity contribution in [3.63, 3.8) is 0 Å². The van der Waals surface area contributed by atoms with Gasteiger partial charge in [-0.2, -0.15) is 0 Å². The molecule has 1 heterocycles. The molecule has 1 fully saturated rings. The van der Waals surface area contributed by atoms with Crippen LogP contribution in [0.2, 0.25) is 5.02 Å². The molecule has 2 nitrogen and oxygen atoms in total. The fourth-order valence-corrected chi connectivity index (χ4v) is 3.07. The molecule has 0 radical (unpaired) electrons. The summed E-state index contributed by atoms with van der Waals surface area (Å²) in [5, 5.41) is 3.58. The van der Waals surface area contributed by atoms with Gasteiger partial charge in [-0.05, 0) is 23.1 Å². The molecule has 1 saturated heterocycles. The SMILES string of the molecule is CC(C)(C)[C@@H](c1ccc(F)c(Cl)c1)N1CCNCC1.Cl.Cl. The molecule has 122 valence electrons. The summed E-state index contributed by atoms with van der Waals surface area (Å²) in [7, 11) is 0. The van der Waals surface area contributed by atoms with Crippen LogP contribution in [-0.4, -0.2) is 31.1 Å². The number of nitrogens with zero attached hydrogens (tertiary/aromatic N) is 1. The van der Waals surface area contributed by atoms with E-state index in [0.717, 1.165) is 31.7 Å². The Morgan fingerprint density at radius 1 is 1.19 bits per heavy atom. The highest BCUT2D eigenvalue weighted by atomic mass is 35.5. The van der Waals surface area contributed by atoms with Gasteiger partial charge in [-0.15, -0.1) is 24.8 Å². The van der Waals surface area contributed by atoms with Gasteiger partial charge in [0.2, 0.25) is 0 Å². The van der Waals surface area contributed by atoms with Gasteiger partial charge >= 0.3 is 0 Å². The Hall–Kier alpha value is -0.0600. The van der Waals surface area contributed by atoms with E-state index >= 15 is 0 Å². The summed E-state index contributed by atoms with van der Waals surface area (Å²) in [5.74, 6) is -0.349. The first-order valence-electron chi connectivity index (χ1n) is 6.79. The smallest absolute Gasteiger partial charge is 0.141 e. The van der Waals surface area contributed by atoms with Crippen LogP contribution in [0.3, 0.4) is 0 Å². The quantitative estimate of drug-likeness (QED) is 0.848. The summed E-state index contributed by atoms with van der Waals surface area (Å²) < 4.78 is 13.3. The molecular weight excluding hydrogens is 334 g/mol. The summed E-state index contributed by atoms with van der Waals surface area (Å²) in [6.45, 7) is 10.7. The van der Waals surface area contributed by atoms with Gasteiger partial charge < -0.3 is 5.32 Å². The molecule has 0 amide bonds. The molecule has 0 aliphatic carbocycles. The molecule has 0 aromatic heterocycles. The monoisotopic (exact) mass is 356 g/mol. The number of hydrogen-bond donors (Lipinski definition) is 1. The van der Waals surface area contributed by atoms with Gasteiger partial charge in [-0.3, -0.25) is 4.90 Å². The van der Waals surface area contributed by atoms with E-state index < -0.39 is 0 Å². The lowest BCUT2D eigenvalue weighted by Crippen LogP contribution is -2.48. The molecule has 1 N–H and O–H groups in total. The van der Waals surface area contributed by atoms with E-state index in [4.69, 9.17) is 11.6 Å². The second kappa shape index (κ2) is 8.54.